The average Bonchev–Trinajstić information content (AvgIpc) is 2.15. The monoisotopic (exact) mass is 244 g/mol. The molecular weight excluding hydrogens is 240 g/mol. The minimum atomic E-state index is -3.76. The predicted octanol–water partition coefficient (Wildman–Crippen LogP) is 0.851. The molecule has 0 atom stereocenters. The zero-order valence-corrected chi connectivity index (χ0v) is 8.84. The van der Waals surface area contributed by atoms with Gasteiger partial charge in [0.25, 0.3) is 14.6 Å². The molecule has 1 aromatic carbocycles. The third-order valence-corrected chi connectivity index (χ3v) is 3.18. The van der Waals surface area contributed by atoms with Crippen LogP contribution in [0, 0.1) is 0 Å². The van der Waals surface area contributed by atoms with Crippen molar-refractivity contribution >= 4 is 30.8 Å². The number of halogens is 1. The summed E-state index contributed by atoms with van der Waals surface area (Å²) in [5.74, 6) is 0. The van der Waals surface area contributed by atoms with E-state index in [-0.39, 0.29) is 10.5 Å². The third-order valence-electron chi connectivity index (χ3n) is 1.83. The molecule has 78 valence electrons. The summed E-state index contributed by atoms with van der Waals surface area (Å²) in [6, 6.07) is 4.05. The largest absolute Gasteiger partial charge is 0.319 e. The van der Waals surface area contributed by atoms with E-state index in [9.17, 15) is 13.2 Å². The van der Waals surface area contributed by atoms with Gasteiger partial charge in [0, 0.05) is 10.7 Å². The lowest BCUT2D eigenvalue weighted by atomic mass is 10.3. The topological polar surface area (TPSA) is 79.9 Å². The van der Waals surface area contributed by atoms with E-state index in [1.165, 1.54) is 18.2 Å². The van der Waals surface area contributed by atoms with Crippen LogP contribution in [0.25, 0.3) is 11.0 Å². The van der Waals surface area contributed by atoms with E-state index in [1.807, 2.05) is 0 Å². The second-order valence-corrected chi connectivity index (χ2v) is 5.43. The van der Waals surface area contributed by atoms with Gasteiger partial charge in [-0.3, -0.25) is 4.79 Å². The second-order valence-electron chi connectivity index (χ2n) is 2.86. The molecule has 1 heterocycles. The SMILES string of the molecule is O=c1cnc2cc(S(=O)(=O)Cl)ccc2[nH]1. The maximum atomic E-state index is 11.0. The number of nitrogens with zero attached hydrogens (tertiary/aromatic N) is 1. The minimum absolute atomic E-state index is 0.0452. The summed E-state index contributed by atoms with van der Waals surface area (Å²) in [5.41, 5.74) is 0.492. The van der Waals surface area contributed by atoms with Crippen LogP contribution in [-0.2, 0) is 9.05 Å². The second kappa shape index (κ2) is 3.32. The summed E-state index contributed by atoms with van der Waals surface area (Å²) < 4.78 is 22.0. The summed E-state index contributed by atoms with van der Waals surface area (Å²) in [6.07, 6.45) is 1.08. The van der Waals surface area contributed by atoms with Gasteiger partial charge in [-0.25, -0.2) is 13.4 Å². The van der Waals surface area contributed by atoms with Gasteiger partial charge in [-0.05, 0) is 18.2 Å². The smallest absolute Gasteiger partial charge is 0.266 e. The number of rotatable bonds is 1. The van der Waals surface area contributed by atoms with E-state index in [2.05, 4.69) is 9.97 Å². The van der Waals surface area contributed by atoms with Crippen LogP contribution < -0.4 is 5.56 Å². The molecule has 0 aliphatic heterocycles. The molecule has 2 rings (SSSR count). The van der Waals surface area contributed by atoms with Crippen LogP contribution in [0.1, 0.15) is 0 Å². The number of aromatic nitrogens is 2. The van der Waals surface area contributed by atoms with Crippen LogP contribution >= 0.6 is 10.7 Å². The molecular formula is C8H5ClN2O3S. The van der Waals surface area contributed by atoms with Gasteiger partial charge in [0.05, 0.1) is 22.1 Å². The van der Waals surface area contributed by atoms with E-state index >= 15 is 0 Å². The van der Waals surface area contributed by atoms with Gasteiger partial charge < -0.3 is 4.98 Å². The van der Waals surface area contributed by atoms with Crippen LogP contribution in [0.3, 0.4) is 0 Å². The maximum Gasteiger partial charge on any atom is 0.266 e. The Labute approximate surface area is 89.1 Å². The van der Waals surface area contributed by atoms with Gasteiger partial charge in [-0.1, -0.05) is 0 Å². The Bertz CT molecular complexity index is 678. The van der Waals surface area contributed by atoms with E-state index in [1.54, 1.807) is 0 Å². The number of benzene rings is 1. The van der Waals surface area contributed by atoms with Crippen molar-refractivity contribution in [2.45, 2.75) is 4.90 Å². The van der Waals surface area contributed by atoms with Crippen molar-refractivity contribution in [2.24, 2.45) is 0 Å². The molecule has 0 saturated carbocycles. The molecule has 7 heteroatoms. The number of aromatic amines is 1. The summed E-state index contributed by atoms with van der Waals surface area (Å²) in [4.78, 5) is 17.2. The fraction of sp³-hybridized carbons (Fsp3) is 0. The Morgan fingerprint density at radius 2 is 2.07 bits per heavy atom. The Morgan fingerprint density at radius 3 is 2.73 bits per heavy atom. The van der Waals surface area contributed by atoms with E-state index in [4.69, 9.17) is 10.7 Å². The Morgan fingerprint density at radius 1 is 1.33 bits per heavy atom. The molecule has 0 amide bonds. The lowest BCUT2D eigenvalue weighted by Crippen LogP contribution is -2.05. The van der Waals surface area contributed by atoms with Crippen molar-refractivity contribution in [1.82, 2.24) is 9.97 Å². The molecule has 0 fully saturated rings. The van der Waals surface area contributed by atoms with Crippen LogP contribution in [-0.4, -0.2) is 18.4 Å². The number of H-pyrrole nitrogens is 1. The molecule has 0 spiro atoms. The molecule has 5 nitrogen and oxygen atoms in total. The van der Waals surface area contributed by atoms with Crippen molar-refractivity contribution in [2.75, 3.05) is 0 Å². The number of hydrogen-bond donors (Lipinski definition) is 1. The highest BCUT2D eigenvalue weighted by Gasteiger charge is 2.10. The first-order valence-electron chi connectivity index (χ1n) is 3.90. The molecule has 0 aliphatic carbocycles. The fourth-order valence-corrected chi connectivity index (χ4v) is 1.94. The number of nitrogens with one attached hydrogen (secondary N) is 1. The highest BCUT2D eigenvalue weighted by molar-refractivity contribution is 8.13. The summed E-state index contributed by atoms with van der Waals surface area (Å²) in [5, 5.41) is 0. The quantitative estimate of drug-likeness (QED) is 0.755. The molecule has 0 aliphatic rings. The summed E-state index contributed by atoms with van der Waals surface area (Å²) in [6.45, 7) is 0. The van der Waals surface area contributed by atoms with Crippen LogP contribution in [0.4, 0.5) is 0 Å². The van der Waals surface area contributed by atoms with Gasteiger partial charge in [0.2, 0.25) is 0 Å². The zero-order valence-electron chi connectivity index (χ0n) is 7.27. The van der Waals surface area contributed by atoms with Crippen molar-refractivity contribution in [3.8, 4) is 0 Å². The average molecular weight is 245 g/mol. The van der Waals surface area contributed by atoms with Crippen molar-refractivity contribution in [3.05, 3.63) is 34.7 Å². The first-order valence-corrected chi connectivity index (χ1v) is 6.21. The lowest BCUT2D eigenvalue weighted by Gasteiger charge is -1.98. The number of fused-ring (bicyclic) bond motifs is 1. The highest BCUT2D eigenvalue weighted by atomic mass is 35.7. The van der Waals surface area contributed by atoms with Gasteiger partial charge in [-0.2, -0.15) is 0 Å². The highest BCUT2D eigenvalue weighted by Crippen LogP contribution is 2.18. The summed E-state index contributed by atoms with van der Waals surface area (Å²) >= 11 is 0. The summed E-state index contributed by atoms with van der Waals surface area (Å²) in [7, 11) is 1.40. The zero-order chi connectivity index (χ0) is 11.1. The van der Waals surface area contributed by atoms with Crippen LogP contribution in [0.5, 0.6) is 0 Å². The molecule has 0 unspecified atom stereocenters. The Balaban J connectivity index is 2.78. The van der Waals surface area contributed by atoms with Gasteiger partial charge in [0.1, 0.15) is 0 Å². The minimum Gasteiger partial charge on any atom is -0.319 e. The van der Waals surface area contributed by atoms with Gasteiger partial charge >= 0.3 is 0 Å². The molecule has 0 radical (unpaired) electrons. The fourth-order valence-electron chi connectivity index (χ4n) is 1.17. The van der Waals surface area contributed by atoms with Crippen molar-refractivity contribution in [3.63, 3.8) is 0 Å². The van der Waals surface area contributed by atoms with Crippen LogP contribution in [0.15, 0.2) is 34.1 Å². The van der Waals surface area contributed by atoms with Crippen molar-refractivity contribution in [1.29, 1.82) is 0 Å². The molecule has 1 aromatic heterocycles. The van der Waals surface area contributed by atoms with Crippen molar-refractivity contribution < 1.29 is 8.42 Å². The maximum absolute atomic E-state index is 11.0. The first kappa shape index (κ1) is 10.1. The van der Waals surface area contributed by atoms with E-state index in [0.717, 1.165) is 6.20 Å². The lowest BCUT2D eigenvalue weighted by molar-refractivity contribution is 0.609. The molecule has 2 aromatic rings. The third kappa shape index (κ3) is 2.00. The molecule has 15 heavy (non-hydrogen) atoms. The van der Waals surface area contributed by atoms with Crippen LogP contribution in [0.2, 0.25) is 0 Å². The molecule has 1 N–H and O–H groups in total. The van der Waals surface area contributed by atoms with Gasteiger partial charge in [0.15, 0.2) is 0 Å². The van der Waals surface area contributed by atoms with E-state index < -0.39 is 9.05 Å². The van der Waals surface area contributed by atoms with E-state index in [0.29, 0.717) is 11.0 Å². The Hall–Kier alpha value is -1.40. The Kier molecular flexibility index (Phi) is 2.24. The molecule has 0 bridgehead atoms. The normalized spacial score (nSPS) is 11.8. The first-order chi connectivity index (χ1) is 6.97. The predicted molar refractivity (Wildman–Crippen MR) is 55.4 cm³/mol. The molecule has 0 saturated heterocycles. The number of hydrogen-bond acceptors (Lipinski definition) is 4. The standard InChI is InChI=1S/C8H5ClN2O3S/c9-15(13,14)5-1-2-6-7(3-5)10-4-8(12)11-6/h1-4H,(H,11,12). The van der Waals surface area contributed by atoms with Gasteiger partial charge in [-0.15, -0.1) is 0 Å².